The van der Waals surface area contributed by atoms with E-state index in [2.05, 4.69) is 39.6 Å². The Hall–Kier alpha value is -1.84. The smallest absolute Gasteiger partial charge is 0.0454 e. The fourth-order valence-electron chi connectivity index (χ4n) is 2.06. The third kappa shape index (κ3) is 3.34. The van der Waals surface area contributed by atoms with Crippen LogP contribution in [0.5, 0.6) is 0 Å². The molecule has 2 heterocycles. The lowest BCUT2D eigenvalue weighted by Crippen LogP contribution is -2.12. The molecule has 0 bridgehead atoms. The quantitative estimate of drug-likeness (QED) is 0.766. The summed E-state index contributed by atoms with van der Waals surface area (Å²) in [7, 11) is 0. The molecular formula is C15H16ClN3. The number of fused-ring (bicyclic) bond motifs is 1. The van der Waals surface area contributed by atoms with Gasteiger partial charge in [0, 0.05) is 37.2 Å². The predicted molar refractivity (Wildman–Crippen MR) is 80.3 cm³/mol. The third-order valence-corrected chi connectivity index (χ3v) is 3.03. The Bertz CT molecular complexity index is 634. The highest BCUT2D eigenvalue weighted by Gasteiger charge is 1.97. The number of hydrogen-bond acceptors (Lipinski definition) is 2. The van der Waals surface area contributed by atoms with E-state index in [9.17, 15) is 0 Å². The Morgan fingerprint density at radius 1 is 0.947 bits per heavy atom. The SMILES string of the molecule is Cl.c1cc(CNCc2ccc3[nH]ccc3c2)ccn1. The standard InChI is InChI=1S/C15H15N3.ClH/c1-2-15-14(5-8-18-15)9-13(1)11-17-10-12-3-6-16-7-4-12;/h1-9,17-18H,10-11H2;1H. The van der Waals surface area contributed by atoms with Gasteiger partial charge in [-0.25, -0.2) is 0 Å². The number of hydrogen-bond donors (Lipinski definition) is 2. The van der Waals surface area contributed by atoms with Crippen LogP contribution in [-0.4, -0.2) is 9.97 Å². The molecule has 3 aromatic rings. The second kappa shape index (κ2) is 6.36. The van der Waals surface area contributed by atoms with Crippen molar-refractivity contribution in [2.45, 2.75) is 13.1 Å². The first-order valence-corrected chi connectivity index (χ1v) is 6.07. The highest BCUT2D eigenvalue weighted by molar-refractivity contribution is 5.85. The van der Waals surface area contributed by atoms with E-state index in [4.69, 9.17) is 0 Å². The van der Waals surface area contributed by atoms with Gasteiger partial charge in [0.2, 0.25) is 0 Å². The lowest BCUT2D eigenvalue weighted by molar-refractivity contribution is 0.693. The summed E-state index contributed by atoms with van der Waals surface area (Å²) in [4.78, 5) is 7.21. The van der Waals surface area contributed by atoms with E-state index in [0.717, 1.165) is 13.1 Å². The summed E-state index contributed by atoms with van der Waals surface area (Å²) in [5, 5.41) is 4.70. The van der Waals surface area contributed by atoms with Crippen LogP contribution in [0.4, 0.5) is 0 Å². The fourth-order valence-corrected chi connectivity index (χ4v) is 2.06. The second-order valence-corrected chi connectivity index (χ2v) is 4.36. The van der Waals surface area contributed by atoms with Crippen LogP contribution in [0.1, 0.15) is 11.1 Å². The highest BCUT2D eigenvalue weighted by Crippen LogP contribution is 2.14. The van der Waals surface area contributed by atoms with Crippen LogP contribution in [0, 0.1) is 0 Å². The number of H-pyrrole nitrogens is 1. The van der Waals surface area contributed by atoms with Crippen molar-refractivity contribution in [2.24, 2.45) is 0 Å². The van der Waals surface area contributed by atoms with E-state index in [1.54, 1.807) is 0 Å². The van der Waals surface area contributed by atoms with Crippen molar-refractivity contribution in [1.82, 2.24) is 15.3 Å². The molecule has 1 aromatic carbocycles. The van der Waals surface area contributed by atoms with Gasteiger partial charge in [-0.3, -0.25) is 4.98 Å². The molecule has 3 nitrogen and oxygen atoms in total. The molecule has 0 unspecified atom stereocenters. The minimum Gasteiger partial charge on any atom is -0.361 e. The summed E-state index contributed by atoms with van der Waals surface area (Å²) >= 11 is 0. The molecule has 0 radical (unpaired) electrons. The van der Waals surface area contributed by atoms with E-state index in [0.29, 0.717) is 0 Å². The van der Waals surface area contributed by atoms with Gasteiger partial charge >= 0.3 is 0 Å². The topological polar surface area (TPSA) is 40.7 Å². The van der Waals surface area contributed by atoms with Gasteiger partial charge in [0.1, 0.15) is 0 Å². The molecule has 0 saturated heterocycles. The summed E-state index contributed by atoms with van der Waals surface area (Å²) < 4.78 is 0. The van der Waals surface area contributed by atoms with Gasteiger partial charge in [-0.2, -0.15) is 0 Å². The maximum atomic E-state index is 4.01. The van der Waals surface area contributed by atoms with Crippen molar-refractivity contribution >= 4 is 23.3 Å². The van der Waals surface area contributed by atoms with Crippen LogP contribution in [0.15, 0.2) is 55.0 Å². The average Bonchev–Trinajstić information content (AvgIpc) is 2.87. The summed E-state index contributed by atoms with van der Waals surface area (Å²) in [6, 6.07) is 12.6. The Kier molecular flexibility index (Phi) is 4.55. The number of nitrogens with one attached hydrogen (secondary N) is 2. The molecule has 0 aliphatic heterocycles. The number of aromatic nitrogens is 2. The monoisotopic (exact) mass is 273 g/mol. The van der Waals surface area contributed by atoms with Gasteiger partial charge < -0.3 is 10.3 Å². The number of pyridine rings is 1. The minimum atomic E-state index is 0. The summed E-state index contributed by atoms with van der Waals surface area (Å²) in [6.07, 6.45) is 5.62. The molecule has 4 heteroatoms. The van der Waals surface area contributed by atoms with Crippen LogP contribution >= 0.6 is 12.4 Å². The molecule has 0 fully saturated rings. The van der Waals surface area contributed by atoms with Crippen molar-refractivity contribution in [3.8, 4) is 0 Å². The number of nitrogens with zero attached hydrogens (tertiary/aromatic N) is 1. The molecular weight excluding hydrogens is 258 g/mol. The summed E-state index contributed by atoms with van der Waals surface area (Å²) in [5.41, 5.74) is 3.75. The van der Waals surface area contributed by atoms with Gasteiger partial charge in [0.15, 0.2) is 0 Å². The molecule has 0 aliphatic rings. The lowest BCUT2D eigenvalue weighted by atomic mass is 10.1. The van der Waals surface area contributed by atoms with Gasteiger partial charge in [-0.1, -0.05) is 6.07 Å². The Morgan fingerprint density at radius 3 is 2.58 bits per heavy atom. The van der Waals surface area contributed by atoms with E-state index in [1.165, 1.54) is 22.0 Å². The van der Waals surface area contributed by atoms with Gasteiger partial charge in [-0.05, 0) is 46.8 Å². The maximum absolute atomic E-state index is 4.01. The van der Waals surface area contributed by atoms with Gasteiger partial charge in [-0.15, -0.1) is 12.4 Å². The first-order valence-electron chi connectivity index (χ1n) is 6.07. The normalized spacial score (nSPS) is 10.3. The first kappa shape index (κ1) is 13.6. The van der Waals surface area contributed by atoms with Crippen molar-refractivity contribution in [2.75, 3.05) is 0 Å². The molecule has 3 rings (SSSR count). The maximum Gasteiger partial charge on any atom is 0.0454 e. The summed E-state index contributed by atoms with van der Waals surface area (Å²) in [6.45, 7) is 1.75. The largest absolute Gasteiger partial charge is 0.361 e. The number of halogens is 1. The van der Waals surface area contributed by atoms with Crippen molar-refractivity contribution in [3.05, 3.63) is 66.1 Å². The molecule has 0 atom stereocenters. The third-order valence-electron chi connectivity index (χ3n) is 3.03. The van der Waals surface area contributed by atoms with Crippen LogP contribution in [0.25, 0.3) is 10.9 Å². The molecule has 0 spiro atoms. The first-order chi connectivity index (χ1) is 8.92. The van der Waals surface area contributed by atoms with Gasteiger partial charge in [0.25, 0.3) is 0 Å². The van der Waals surface area contributed by atoms with E-state index >= 15 is 0 Å². The molecule has 0 amide bonds. The Balaban J connectivity index is 0.00000133. The predicted octanol–water partition coefficient (Wildman–Crippen LogP) is 3.27. The highest BCUT2D eigenvalue weighted by atomic mass is 35.5. The van der Waals surface area contributed by atoms with Gasteiger partial charge in [0.05, 0.1) is 0 Å². The zero-order valence-electron chi connectivity index (χ0n) is 10.5. The number of aromatic amines is 1. The van der Waals surface area contributed by atoms with Crippen molar-refractivity contribution < 1.29 is 0 Å². The molecule has 0 saturated carbocycles. The van der Waals surface area contributed by atoms with E-state index in [1.807, 2.05) is 30.7 Å². The molecule has 98 valence electrons. The average molecular weight is 274 g/mol. The Morgan fingerprint density at radius 2 is 1.74 bits per heavy atom. The lowest BCUT2D eigenvalue weighted by Gasteiger charge is -2.05. The van der Waals surface area contributed by atoms with Crippen molar-refractivity contribution in [3.63, 3.8) is 0 Å². The van der Waals surface area contributed by atoms with Crippen LogP contribution in [0.3, 0.4) is 0 Å². The molecule has 0 aliphatic carbocycles. The van der Waals surface area contributed by atoms with Crippen molar-refractivity contribution in [1.29, 1.82) is 0 Å². The van der Waals surface area contributed by atoms with Crippen LogP contribution < -0.4 is 5.32 Å². The Labute approximate surface area is 118 Å². The summed E-state index contributed by atoms with van der Waals surface area (Å²) in [5.74, 6) is 0. The molecule has 19 heavy (non-hydrogen) atoms. The second-order valence-electron chi connectivity index (χ2n) is 4.36. The van der Waals surface area contributed by atoms with Crippen LogP contribution in [0.2, 0.25) is 0 Å². The zero-order chi connectivity index (χ0) is 12.2. The number of rotatable bonds is 4. The fraction of sp³-hybridized carbons (Fsp3) is 0.133. The van der Waals surface area contributed by atoms with E-state index < -0.39 is 0 Å². The number of benzene rings is 1. The molecule has 2 aromatic heterocycles. The zero-order valence-corrected chi connectivity index (χ0v) is 11.3. The van der Waals surface area contributed by atoms with Crippen LogP contribution in [-0.2, 0) is 13.1 Å². The molecule has 2 N–H and O–H groups in total. The minimum absolute atomic E-state index is 0. The van der Waals surface area contributed by atoms with E-state index in [-0.39, 0.29) is 12.4 Å².